The molecule has 2 fully saturated rings. The molecule has 32 heavy (non-hydrogen) atoms. The Morgan fingerprint density at radius 3 is 2.59 bits per heavy atom. The number of nitrogens with one attached hydrogen (secondary N) is 1. The van der Waals surface area contributed by atoms with E-state index in [2.05, 4.69) is 62.4 Å². The standard InChI is InChI=1S/C25H32N6O/c1-28-13-15-29(16-14-28)21-17-30(18-21)22-10-5-11-23-24(22)27-19-31(23)25(32)26-12-6-9-20-7-3-2-4-8-20/h2-5,7-8,10-11,19,21H,6,9,12-18H2,1H3,(H,26,32). The number of rotatable bonds is 6. The number of para-hydroxylation sites is 1. The summed E-state index contributed by atoms with van der Waals surface area (Å²) in [4.78, 5) is 24.8. The van der Waals surface area contributed by atoms with Gasteiger partial charge in [-0.3, -0.25) is 9.47 Å². The second kappa shape index (κ2) is 9.30. The fraction of sp³-hybridized carbons (Fsp3) is 0.440. The van der Waals surface area contributed by atoms with Crippen LogP contribution < -0.4 is 10.2 Å². The number of carbonyl (C=O) groups excluding carboxylic acids is 1. The highest BCUT2D eigenvalue weighted by Crippen LogP contribution is 2.30. The number of carbonyl (C=O) groups is 1. The first-order chi connectivity index (χ1) is 15.7. The quantitative estimate of drug-likeness (QED) is 0.607. The minimum atomic E-state index is -0.114. The number of amides is 1. The molecule has 3 aromatic rings. The molecule has 168 valence electrons. The van der Waals surface area contributed by atoms with Crippen molar-refractivity contribution in [2.45, 2.75) is 18.9 Å². The fourth-order valence-electron chi connectivity index (χ4n) is 4.73. The molecule has 0 bridgehead atoms. The van der Waals surface area contributed by atoms with Gasteiger partial charge in [0.25, 0.3) is 0 Å². The number of imidazole rings is 1. The molecule has 2 saturated heterocycles. The number of hydrogen-bond acceptors (Lipinski definition) is 5. The zero-order valence-corrected chi connectivity index (χ0v) is 18.8. The van der Waals surface area contributed by atoms with Crippen LogP contribution in [0.2, 0.25) is 0 Å². The molecular weight excluding hydrogens is 400 g/mol. The number of piperazine rings is 1. The van der Waals surface area contributed by atoms with Gasteiger partial charge in [0.15, 0.2) is 0 Å². The lowest BCUT2D eigenvalue weighted by molar-refractivity contribution is 0.0964. The predicted molar refractivity (Wildman–Crippen MR) is 128 cm³/mol. The van der Waals surface area contributed by atoms with E-state index in [0.717, 1.165) is 68.8 Å². The van der Waals surface area contributed by atoms with E-state index in [1.54, 1.807) is 10.9 Å². The third kappa shape index (κ3) is 4.36. The minimum absolute atomic E-state index is 0.114. The third-order valence-corrected chi connectivity index (χ3v) is 6.79. The Kier molecular flexibility index (Phi) is 6.10. The molecule has 0 unspecified atom stereocenters. The maximum absolute atomic E-state index is 12.8. The van der Waals surface area contributed by atoms with Crippen molar-refractivity contribution in [3.05, 3.63) is 60.4 Å². The molecule has 3 heterocycles. The Hall–Kier alpha value is -2.90. The lowest BCUT2D eigenvalue weighted by atomic mass is 10.0. The number of hydrogen-bond donors (Lipinski definition) is 1. The van der Waals surface area contributed by atoms with Crippen LogP contribution in [0.5, 0.6) is 0 Å². The summed E-state index contributed by atoms with van der Waals surface area (Å²) >= 11 is 0. The molecule has 0 spiro atoms. The fourth-order valence-corrected chi connectivity index (χ4v) is 4.73. The van der Waals surface area contributed by atoms with Gasteiger partial charge in [-0.05, 0) is 37.6 Å². The largest absolute Gasteiger partial charge is 0.366 e. The second-order valence-electron chi connectivity index (χ2n) is 8.98. The van der Waals surface area contributed by atoms with Crippen molar-refractivity contribution in [3.63, 3.8) is 0 Å². The molecule has 7 heteroatoms. The molecule has 0 atom stereocenters. The Balaban J connectivity index is 1.18. The zero-order valence-electron chi connectivity index (χ0n) is 18.8. The Morgan fingerprint density at radius 2 is 1.81 bits per heavy atom. The van der Waals surface area contributed by atoms with Gasteiger partial charge in [0.2, 0.25) is 0 Å². The molecule has 0 aliphatic carbocycles. The normalized spacial score (nSPS) is 18.1. The van der Waals surface area contributed by atoms with Crippen LogP contribution in [0, 0.1) is 0 Å². The van der Waals surface area contributed by atoms with Gasteiger partial charge in [-0.15, -0.1) is 0 Å². The lowest BCUT2D eigenvalue weighted by Crippen LogP contribution is -2.63. The van der Waals surface area contributed by atoms with Crippen molar-refractivity contribution in [3.8, 4) is 0 Å². The average Bonchev–Trinajstić information content (AvgIpc) is 3.23. The van der Waals surface area contributed by atoms with Crippen molar-refractivity contribution in [2.75, 3.05) is 57.8 Å². The van der Waals surface area contributed by atoms with Gasteiger partial charge < -0.3 is 15.1 Å². The van der Waals surface area contributed by atoms with Crippen molar-refractivity contribution < 1.29 is 4.79 Å². The van der Waals surface area contributed by atoms with Crippen molar-refractivity contribution in [1.29, 1.82) is 0 Å². The molecule has 1 aromatic heterocycles. The van der Waals surface area contributed by atoms with E-state index in [9.17, 15) is 4.79 Å². The van der Waals surface area contributed by atoms with Gasteiger partial charge >= 0.3 is 6.03 Å². The first-order valence-electron chi connectivity index (χ1n) is 11.6. The van der Waals surface area contributed by atoms with Gasteiger partial charge in [-0.25, -0.2) is 9.78 Å². The number of fused-ring (bicyclic) bond motifs is 1. The summed E-state index contributed by atoms with van der Waals surface area (Å²) in [7, 11) is 2.20. The summed E-state index contributed by atoms with van der Waals surface area (Å²) in [6.07, 6.45) is 3.52. The molecule has 1 amide bonds. The van der Waals surface area contributed by atoms with Gasteiger partial charge in [-0.1, -0.05) is 36.4 Å². The average molecular weight is 433 g/mol. The van der Waals surface area contributed by atoms with E-state index in [4.69, 9.17) is 0 Å². The second-order valence-corrected chi connectivity index (χ2v) is 8.98. The molecular formula is C25H32N6O. The highest BCUT2D eigenvalue weighted by atomic mass is 16.2. The first kappa shape index (κ1) is 21.0. The van der Waals surface area contributed by atoms with E-state index < -0.39 is 0 Å². The minimum Gasteiger partial charge on any atom is -0.366 e. The molecule has 7 nitrogen and oxygen atoms in total. The summed E-state index contributed by atoms with van der Waals surface area (Å²) in [5, 5.41) is 3.04. The summed E-state index contributed by atoms with van der Waals surface area (Å²) < 4.78 is 1.64. The summed E-state index contributed by atoms with van der Waals surface area (Å²) in [6, 6.07) is 17.0. The number of likely N-dealkylation sites (N-methyl/N-ethyl adjacent to an activating group) is 1. The van der Waals surface area contributed by atoms with Gasteiger partial charge in [0, 0.05) is 51.9 Å². The van der Waals surface area contributed by atoms with Crippen LogP contribution in [0.15, 0.2) is 54.9 Å². The lowest BCUT2D eigenvalue weighted by Gasteiger charge is -2.48. The Morgan fingerprint density at radius 1 is 1.03 bits per heavy atom. The van der Waals surface area contributed by atoms with Crippen LogP contribution in [0.25, 0.3) is 11.0 Å². The number of aromatic nitrogens is 2. The third-order valence-electron chi connectivity index (χ3n) is 6.79. The maximum Gasteiger partial charge on any atom is 0.327 e. The number of anilines is 1. The summed E-state index contributed by atoms with van der Waals surface area (Å²) in [6.45, 7) is 7.30. The van der Waals surface area contributed by atoms with E-state index in [1.807, 2.05) is 18.2 Å². The van der Waals surface area contributed by atoms with Crippen LogP contribution in [-0.4, -0.2) is 84.3 Å². The number of aryl methyl sites for hydroxylation is 1. The van der Waals surface area contributed by atoms with Crippen molar-refractivity contribution >= 4 is 22.8 Å². The van der Waals surface area contributed by atoms with Gasteiger partial charge in [-0.2, -0.15) is 0 Å². The van der Waals surface area contributed by atoms with Crippen molar-refractivity contribution in [2.24, 2.45) is 0 Å². The van der Waals surface area contributed by atoms with Crippen LogP contribution >= 0.6 is 0 Å². The van der Waals surface area contributed by atoms with Crippen LogP contribution in [0.3, 0.4) is 0 Å². The van der Waals surface area contributed by atoms with E-state index in [0.29, 0.717) is 12.6 Å². The maximum atomic E-state index is 12.8. The Labute approximate surface area is 189 Å². The van der Waals surface area contributed by atoms with Crippen molar-refractivity contribution in [1.82, 2.24) is 24.7 Å². The van der Waals surface area contributed by atoms with Crippen LogP contribution in [0.1, 0.15) is 12.0 Å². The summed E-state index contributed by atoms with van der Waals surface area (Å²) in [5.74, 6) is 0. The highest BCUT2D eigenvalue weighted by Gasteiger charge is 2.34. The molecule has 0 saturated carbocycles. The smallest absolute Gasteiger partial charge is 0.327 e. The highest BCUT2D eigenvalue weighted by molar-refractivity contribution is 5.95. The number of nitrogens with zero attached hydrogens (tertiary/aromatic N) is 5. The van der Waals surface area contributed by atoms with Crippen LogP contribution in [0.4, 0.5) is 10.5 Å². The van der Waals surface area contributed by atoms with E-state index in [-0.39, 0.29) is 6.03 Å². The number of benzene rings is 2. The SMILES string of the molecule is CN1CCN(C2CN(c3cccc4c3ncn4C(=O)NCCCc3ccccc3)C2)CC1. The molecule has 5 rings (SSSR count). The van der Waals surface area contributed by atoms with E-state index in [1.165, 1.54) is 5.56 Å². The van der Waals surface area contributed by atoms with Gasteiger partial charge in [0.1, 0.15) is 11.8 Å². The monoisotopic (exact) mass is 432 g/mol. The topological polar surface area (TPSA) is 56.6 Å². The molecule has 2 aliphatic rings. The van der Waals surface area contributed by atoms with Crippen LogP contribution in [-0.2, 0) is 6.42 Å². The molecule has 2 aromatic carbocycles. The first-order valence-corrected chi connectivity index (χ1v) is 11.6. The Bertz CT molecular complexity index is 1050. The summed E-state index contributed by atoms with van der Waals surface area (Å²) in [5.41, 5.74) is 4.20. The molecule has 1 N–H and O–H groups in total. The molecule has 2 aliphatic heterocycles. The predicted octanol–water partition coefficient (Wildman–Crippen LogP) is 2.66. The zero-order chi connectivity index (χ0) is 21.9. The molecule has 0 radical (unpaired) electrons. The van der Waals surface area contributed by atoms with Gasteiger partial charge in [0.05, 0.1) is 11.2 Å². The van der Waals surface area contributed by atoms with E-state index >= 15 is 0 Å².